The van der Waals surface area contributed by atoms with Gasteiger partial charge >= 0.3 is 0 Å². The number of hydrogen-bond donors (Lipinski definition) is 3. The van der Waals surface area contributed by atoms with Crippen molar-refractivity contribution in [3.05, 3.63) is 24.5 Å². The van der Waals surface area contributed by atoms with Gasteiger partial charge in [-0.2, -0.15) is 5.10 Å². The Labute approximate surface area is 103 Å². The van der Waals surface area contributed by atoms with Crippen LogP contribution in [0.5, 0.6) is 0 Å². The maximum absolute atomic E-state index is 11.8. The number of nitrogen functional groups attached to an aromatic ring is 1. The molecule has 2 aromatic heterocycles. The van der Waals surface area contributed by atoms with Crippen molar-refractivity contribution in [2.75, 3.05) is 12.3 Å². The van der Waals surface area contributed by atoms with E-state index < -0.39 is 10.0 Å². The second-order valence-electron chi connectivity index (χ2n) is 3.36. The predicted molar refractivity (Wildman–Crippen MR) is 61.7 cm³/mol. The van der Waals surface area contributed by atoms with E-state index in [1.165, 1.54) is 6.33 Å². The Balaban J connectivity index is 1.97. The molecule has 0 aliphatic carbocycles. The highest BCUT2D eigenvalue weighted by Crippen LogP contribution is 2.05. The van der Waals surface area contributed by atoms with Crippen molar-refractivity contribution >= 4 is 16.0 Å². The minimum atomic E-state index is -3.62. The smallest absolute Gasteiger partial charge is 0.243 e. The Morgan fingerprint density at radius 2 is 2.00 bits per heavy atom. The van der Waals surface area contributed by atoms with Gasteiger partial charge in [0.1, 0.15) is 17.0 Å². The zero-order valence-electron chi connectivity index (χ0n) is 9.24. The van der Waals surface area contributed by atoms with Crippen molar-refractivity contribution in [2.24, 2.45) is 0 Å². The van der Waals surface area contributed by atoms with Crippen LogP contribution in [-0.2, 0) is 16.4 Å². The fourth-order valence-corrected chi connectivity index (χ4v) is 2.12. The van der Waals surface area contributed by atoms with Crippen LogP contribution in [0.25, 0.3) is 0 Å². The fourth-order valence-electron chi connectivity index (χ4n) is 1.20. The summed E-state index contributed by atoms with van der Waals surface area (Å²) in [5.74, 6) is 0.627. The van der Waals surface area contributed by atoms with Crippen molar-refractivity contribution in [1.82, 2.24) is 29.9 Å². The van der Waals surface area contributed by atoms with Crippen molar-refractivity contribution < 1.29 is 8.42 Å². The maximum Gasteiger partial charge on any atom is 0.243 e. The van der Waals surface area contributed by atoms with Crippen molar-refractivity contribution in [1.29, 1.82) is 0 Å². The molecule has 0 bridgehead atoms. The molecule has 0 saturated heterocycles. The zero-order valence-corrected chi connectivity index (χ0v) is 10.1. The number of nitrogens with two attached hydrogens (primary N) is 1. The van der Waals surface area contributed by atoms with E-state index in [9.17, 15) is 8.42 Å². The van der Waals surface area contributed by atoms with Gasteiger partial charge in [-0.3, -0.25) is 5.10 Å². The lowest BCUT2D eigenvalue weighted by molar-refractivity contribution is 0.580. The molecule has 4 N–H and O–H groups in total. The quantitative estimate of drug-likeness (QED) is 0.612. The summed E-state index contributed by atoms with van der Waals surface area (Å²) < 4.78 is 26.0. The lowest BCUT2D eigenvalue weighted by atomic mass is 10.4. The van der Waals surface area contributed by atoms with Gasteiger partial charge in [0.15, 0.2) is 0 Å². The van der Waals surface area contributed by atoms with Crippen LogP contribution in [0, 0.1) is 0 Å². The van der Waals surface area contributed by atoms with E-state index in [1.54, 1.807) is 0 Å². The van der Waals surface area contributed by atoms with E-state index in [0.29, 0.717) is 12.2 Å². The third kappa shape index (κ3) is 2.99. The van der Waals surface area contributed by atoms with Gasteiger partial charge in [0, 0.05) is 13.0 Å². The van der Waals surface area contributed by atoms with Gasteiger partial charge in [-0.05, 0) is 0 Å². The first-order valence-electron chi connectivity index (χ1n) is 4.99. The summed E-state index contributed by atoms with van der Waals surface area (Å²) in [5, 5.41) is 6.29. The predicted octanol–water partition coefficient (Wildman–Crippen LogP) is -1.30. The minimum absolute atomic E-state index is 0.0237. The second kappa shape index (κ2) is 5.06. The summed E-state index contributed by atoms with van der Waals surface area (Å²) in [7, 11) is -3.62. The Hall–Kier alpha value is -2.07. The molecule has 96 valence electrons. The average Bonchev–Trinajstić information content (AvgIpc) is 2.82. The lowest BCUT2D eigenvalue weighted by Gasteiger charge is -2.04. The third-order valence-corrected chi connectivity index (χ3v) is 3.49. The van der Waals surface area contributed by atoms with Gasteiger partial charge in [0.25, 0.3) is 0 Å². The van der Waals surface area contributed by atoms with Crippen LogP contribution in [0.15, 0.2) is 23.6 Å². The number of H-pyrrole nitrogens is 1. The summed E-state index contributed by atoms with van der Waals surface area (Å²) in [6.07, 6.45) is 4.07. The first-order chi connectivity index (χ1) is 8.58. The number of nitrogens with one attached hydrogen (secondary N) is 2. The lowest BCUT2D eigenvalue weighted by Crippen LogP contribution is -2.26. The van der Waals surface area contributed by atoms with Crippen LogP contribution in [0.1, 0.15) is 5.82 Å². The molecule has 18 heavy (non-hydrogen) atoms. The Morgan fingerprint density at radius 3 is 2.61 bits per heavy atom. The number of aromatic nitrogens is 5. The van der Waals surface area contributed by atoms with Crippen LogP contribution >= 0.6 is 0 Å². The van der Waals surface area contributed by atoms with Crippen LogP contribution in [0.2, 0.25) is 0 Å². The monoisotopic (exact) mass is 269 g/mol. The maximum atomic E-state index is 11.8. The highest BCUT2D eigenvalue weighted by Gasteiger charge is 2.14. The number of hydrogen-bond acceptors (Lipinski definition) is 7. The molecule has 0 aliphatic heterocycles. The highest BCUT2D eigenvalue weighted by atomic mass is 32.2. The third-order valence-electron chi connectivity index (χ3n) is 2.08. The molecule has 0 aliphatic rings. The molecular formula is C8H11N7O2S. The van der Waals surface area contributed by atoms with Crippen molar-refractivity contribution in [3.63, 3.8) is 0 Å². The number of rotatable bonds is 5. The highest BCUT2D eigenvalue weighted by molar-refractivity contribution is 7.89. The number of sulfonamides is 1. The summed E-state index contributed by atoms with van der Waals surface area (Å²) >= 11 is 0. The van der Waals surface area contributed by atoms with E-state index in [1.807, 2.05) is 0 Å². The van der Waals surface area contributed by atoms with Gasteiger partial charge in [-0.1, -0.05) is 0 Å². The zero-order chi connectivity index (χ0) is 13.0. The number of aromatic amines is 1. The molecule has 0 atom stereocenters. The Kier molecular flexibility index (Phi) is 3.48. The summed E-state index contributed by atoms with van der Waals surface area (Å²) in [6.45, 7) is 0.196. The average molecular weight is 269 g/mol. The van der Waals surface area contributed by atoms with Gasteiger partial charge in [-0.15, -0.1) is 0 Å². The molecule has 0 aromatic carbocycles. The molecule has 9 nitrogen and oxygen atoms in total. The first kappa shape index (κ1) is 12.4. The van der Waals surface area contributed by atoms with E-state index in [2.05, 4.69) is 29.9 Å². The largest absolute Gasteiger partial charge is 0.368 e. The first-order valence-corrected chi connectivity index (χ1v) is 6.48. The van der Waals surface area contributed by atoms with E-state index >= 15 is 0 Å². The molecule has 0 spiro atoms. The second-order valence-corrected chi connectivity index (χ2v) is 5.12. The van der Waals surface area contributed by atoms with Crippen LogP contribution in [0.3, 0.4) is 0 Å². The molecule has 2 aromatic rings. The number of anilines is 1. The number of nitrogens with zero attached hydrogens (tertiary/aromatic N) is 4. The molecule has 0 unspecified atom stereocenters. The fraction of sp³-hybridized carbons (Fsp3) is 0.250. The van der Waals surface area contributed by atoms with Gasteiger partial charge < -0.3 is 5.73 Å². The SMILES string of the molecule is Nc1ncc(S(=O)(=O)NCCc2ncn[nH]2)cn1. The van der Waals surface area contributed by atoms with Crippen molar-refractivity contribution in [2.45, 2.75) is 11.3 Å². The van der Waals surface area contributed by atoms with Gasteiger partial charge in [0.2, 0.25) is 16.0 Å². The topological polar surface area (TPSA) is 140 Å². The van der Waals surface area contributed by atoms with E-state index in [-0.39, 0.29) is 17.4 Å². The van der Waals surface area contributed by atoms with Crippen LogP contribution < -0.4 is 10.5 Å². The summed E-state index contributed by atoms with van der Waals surface area (Å²) in [6, 6.07) is 0. The van der Waals surface area contributed by atoms with Crippen molar-refractivity contribution in [3.8, 4) is 0 Å². The Bertz CT molecular complexity index is 593. The molecule has 0 radical (unpaired) electrons. The van der Waals surface area contributed by atoms with Gasteiger partial charge in [-0.25, -0.2) is 28.1 Å². The molecule has 0 fully saturated rings. The molecule has 2 rings (SSSR count). The summed E-state index contributed by atoms with van der Waals surface area (Å²) in [5.41, 5.74) is 5.28. The summed E-state index contributed by atoms with van der Waals surface area (Å²) in [4.78, 5) is 11.1. The molecular weight excluding hydrogens is 258 g/mol. The van der Waals surface area contributed by atoms with Crippen LogP contribution in [0.4, 0.5) is 5.95 Å². The molecule has 0 saturated carbocycles. The van der Waals surface area contributed by atoms with E-state index in [4.69, 9.17) is 5.73 Å². The standard InChI is InChI=1S/C8H11N7O2S/c9-8-10-3-6(4-11-8)18(16,17)14-2-1-7-12-5-13-15-7/h3-5,14H,1-2H2,(H2,9,10,11)(H,12,13,15). The van der Waals surface area contributed by atoms with Crippen LogP contribution in [-0.4, -0.2) is 40.1 Å². The minimum Gasteiger partial charge on any atom is -0.368 e. The Morgan fingerprint density at radius 1 is 1.28 bits per heavy atom. The van der Waals surface area contributed by atoms with E-state index in [0.717, 1.165) is 12.4 Å². The normalized spacial score (nSPS) is 11.6. The van der Waals surface area contributed by atoms with Gasteiger partial charge in [0.05, 0.1) is 12.4 Å². The molecule has 10 heteroatoms. The molecule has 0 amide bonds. The molecule has 2 heterocycles.